The van der Waals surface area contributed by atoms with Crippen LogP contribution in [0, 0.1) is 6.92 Å². The third-order valence-corrected chi connectivity index (χ3v) is 6.67. The van der Waals surface area contributed by atoms with E-state index in [0.29, 0.717) is 5.69 Å². The molecule has 0 bridgehead atoms. The minimum atomic E-state index is -0.471. The van der Waals surface area contributed by atoms with Gasteiger partial charge in [-0.1, -0.05) is 61.5 Å². The Morgan fingerprint density at radius 2 is 1.71 bits per heavy atom. The fourth-order valence-electron chi connectivity index (χ4n) is 3.68. The van der Waals surface area contributed by atoms with Crippen LogP contribution in [0.3, 0.4) is 0 Å². The van der Waals surface area contributed by atoms with Crippen LogP contribution in [0.2, 0.25) is 0 Å². The summed E-state index contributed by atoms with van der Waals surface area (Å²) in [6, 6.07) is 26.5. The molecule has 0 saturated heterocycles. The second-order valence-corrected chi connectivity index (χ2v) is 9.00. The molecule has 0 radical (unpaired) electrons. The third-order valence-electron chi connectivity index (χ3n) is 5.42. The van der Waals surface area contributed by atoms with Crippen molar-refractivity contribution in [3.63, 3.8) is 0 Å². The molecular weight excluding hydrogens is 444 g/mol. The predicted octanol–water partition coefficient (Wildman–Crippen LogP) is 6.87. The van der Waals surface area contributed by atoms with E-state index >= 15 is 0 Å². The summed E-state index contributed by atoms with van der Waals surface area (Å²) in [6.45, 7) is 4.08. The Hall–Kier alpha value is -3.77. The Morgan fingerprint density at radius 3 is 2.44 bits per heavy atom. The van der Waals surface area contributed by atoms with Crippen LogP contribution in [-0.4, -0.2) is 11.8 Å². The molecule has 0 aliphatic carbocycles. The Kier molecular flexibility index (Phi) is 7.50. The van der Waals surface area contributed by atoms with Gasteiger partial charge >= 0.3 is 0 Å². The maximum Gasteiger partial charge on any atom is 0.291 e. The molecule has 2 N–H and O–H groups in total. The molecule has 5 nitrogen and oxygen atoms in total. The van der Waals surface area contributed by atoms with Crippen molar-refractivity contribution >= 4 is 35.0 Å². The van der Waals surface area contributed by atoms with E-state index in [2.05, 4.69) is 17.6 Å². The van der Waals surface area contributed by atoms with E-state index in [0.717, 1.165) is 33.7 Å². The molecule has 3 aromatic carbocycles. The number of hydrogen-bond acceptors (Lipinski definition) is 4. The third kappa shape index (κ3) is 5.58. The summed E-state index contributed by atoms with van der Waals surface area (Å²) in [7, 11) is 0. The summed E-state index contributed by atoms with van der Waals surface area (Å²) in [5.41, 5.74) is 4.54. The Labute approximate surface area is 203 Å². The Bertz CT molecular complexity index is 1270. The van der Waals surface area contributed by atoms with E-state index in [4.69, 9.17) is 4.42 Å². The van der Waals surface area contributed by atoms with Crippen molar-refractivity contribution in [1.82, 2.24) is 0 Å². The molecule has 0 spiro atoms. The number of furan rings is 1. The van der Waals surface area contributed by atoms with Crippen LogP contribution >= 0.6 is 11.8 Å². The number of carbonyl (C=O) groups excluding carboxylic acids is 2. The van der Waals surface area contributed by atoms with Crippen LogP contribution < -0.4 is 10.6 Å². The zero-order valence-corrected chi connectivity index (χ0v) is 19.9. The number of amides is 2. The van der Waals surface area contributed by atoms with Crippen molar-refractivity contribution in [3.05, 3.63) is 114 Å². The van der Waals surface area contributed by atoms with Crippen molar-refractivity contribution < 1.29 is 14.0 Å². The van der Waals surface area contributed by atoms with Crippen LogP contribution in [0.15, 0.2) is 101 Å². The number of anilines is 2. The first kappa shape index (κ1) is 23.4. The van der Waals surface area contributed by atoms with Crippen molar-refractivity contribution in [2.24, 2.45) is 0 Å². The lowest BCUT2D eigenvalue weighted by atomic mass is 10.1. The molecule has 1 aromatic heterocycles. The minimum absolute atomic E-state index is 0.0924. The monoisotopic (exact) mass is 470 g/mol. The van der Waals surface area contributed by atoms with Crippen LogP contribution in [0.4, 0.5) is 11.4 Å². The highest BCUT2D eigenvalue weighted by atomic mass is 32.2. The van der Waals surface area contributed by atoms with Crippen molar-refractivity contribution in [3.8, 4) is 0 Å². The normalized spacial score (nSPS) is 11.6. The van der Waals surface area contributed by atoms with Gasteiger partial charge in [-0.15, -0.1) is 11.8 Å². The highest BCUT2D eigenvalue weighted by molar-refractivity contribution is 8.00. The molecule has 34 heavy (non-hydrogen) atoms. The van der Waals surface area contributed by atoms with Gasteiger partial charge in [0.2, 0.25) is 5.91 Å². The van der Waals surface area contributed by atoms with Gasteiger partial charge in [-0.05, 0) is 60.4 Å². The largest absolute Gasteiger partial charge is 0.459 e. The lowest BCUT2D eigenvalue weighted by molar-refractivity contribution is -0.115. The number of benzene rings is 3. The molecule has 1 unspecified atom stereocenters. The molecule has 0 saturated carbocycles. The lowest BCUT2D eigenvalue weighted by Crippen LogP contribution is -2.20. The fraction of sp³-hybridized carbons (Fsp3) is 0.143. The van der Waals surface area contributed by atoms with Gasteiger partial charge in [-0.2, -0.15) is 0 Å². The molecule has 0 aliphatic heterocycles. The summed E-state index contributed by atoms with van der Waals surface area (Å²) in [6.07, 6.45) is 2.29. The average Bonchev–Trinajstić information content (AvgIpc) is 3.40. The summed E-state index contributed by atoms with van der Waals surface area (Å²) >= 11 is 1.44. The summed E-state index contributed by atoms with van der Waals surface area (Å²) in [5, 5.41) is 5.54. The number of aryl methyl sites for hydroxylation is 2. The Morgan fingerprint density at radius 1 is 0.912 bits per heavy atom. The zero-order chi connectivity index (χ0) is 23.9. The lowest BCUT2D eigenvalue weighted by Gasteiger charge is -2.20. The maximum atomic E-state index is 13.5. The molecule has 0 aliphatic rings. The molecule has 0 fully saturated rings. The molecule has 172 valence electrons. The first-order chi connectivity index (χ1) is 16.5. The van der Waals surface area contributed by atoms with E-state index in [9.17, 15) is 9.59 Å². The summed E-state index contributed by atoms with van der Waals surface area (Å²) in [4.78, 5) is 26.8. The van der Waals surface area contributed by atoms with E-state index < -0.39 is 5.25 Å². The molecule has 4 aromatic rings. The minimum Gasteiger partial charge on any atom is -0.459 e. The number of carbonyl (C=O) groups is 2. The number of nitrogens with one attached hydrogen (secondary N) is 2. The van der Waals surface area contributed by atoms with Gasteiger partial charge in [0.15, 0.2) is 5.76 Å². The fourth-order valence-corrected chi connectivity index (χ4v) is 4.76. The summed E-state index contributed by atoms with van der Waals surface area (Å²) < 4.78 is 5.17. The standard InChI is InChI=1S/C28H26N2O3S/c1-3-20-13-7-10-19(2)25(20)30-28(32)26(21-11-5-4-6-12-21)34-23-15-8-14-22(18-23)29-27(31)24-16-9-17-33-24/h4-18,26H,3H2,1-2H3,(H,29,31)(H,30,32). The average molecular weight is 471 g/mol. The van der Waals surface area contributed by atoms with Crippen molar-refractivity contribution in [1.29, 1.82) is 0 Å². The van der Waals surface area contributed by atoms with E-state index in [1.54, 1.807) is 12.1 Å². The van der Waals surface area contributed by atoms with Crippen molar-refractivity contribution in [2.45, 2.75) is 30.4 Å². The topological polar surface area (TPSA) is 71.3 Å². The number of rotatable bonds is 8. The van der Waals surface area contributed by atoms with Gasteiger partial charge in [0.1, 0.15) is 5.25 Å². The Balaban J connectivity index is 1.58. The SMILES string of the molecule is CCc1cccc(C)c1NC(=O)C(Sc1cccc(NC(=O)c2ccco2)c1)c1ccccc1. The molecular formula is C28H26N2O3S. The number of thioether (sulfide) groups is 1. The van der Waals surface area contributed by atoms with Crippen LogP contribution in [-0.2, 0) is 11.2 Å². The van der Waals surface area contributed by atoms with Crippen molar-refractivity contribution in [2.75, 3.05) is 10.6 Å². The van der Waals surface area contributed by atoms with Crippen LogP contribution in [0.1, 0.15) is 39.4 Å². The molecule has 4 rings (SSSR count). The maximum absolute atomic E-state index is 13.5. The van der Waals surface area contributed by atoms with Crippen LogP contribution in [0.5, 0.6) is 0 Å². The first-order valence-corrected chi connectivity index (χ1v) is 12.0. The quantitative estimate of drug-likeness (QED) is 0.276. The number of para-hydroxylation sites is 1. The van der Waals surface area contributed by atoms with Gasteiger partial charge in [-0.25, -0.2) is 0 Å². The number of hydrogen-bond donors (Lipinski definition) is 2. The second-order valence-electron chi connectivity index (χ2n) is 7.82. The zero-order valence-electron chi connectivity index (χ0n) is 19.1. The van der Waals surface area contributed by atoms with E-state index in [1.165, 1.54) is 18.0 Å². The van der Waals surface area contributed by atoms with Gasteiger partial charge < -0.3 is 15.1 Å². The smallest absolute Gasteiger partial charge is 0.291 e. The summed E-state index contributed by atoms with van der Waals surface area (Å²) in [5.74, 6) is -0.175. The highest BCUT2D eigenvalue weighted by Gasteiger charge is 2.23. The molecule has 2 amide bonds. The van der Waals surface area contributed by atoms with E-state index in [1.807, 2.05) is 79.7 Å². The predicted molar refractivity (Wildman–Crippen MR) is 137 cm³/mol. The van der Waals surface area contributed by atoms with Gasteiger partial charge in [0, 0.05) is 16.3 Å². The van der Waals surface area contributed by atoms with Crippen LogP contribution in [0.25, 0.3) is 0 Å². The highest BCUT2D eigenvalue weighted by Crippen LogP contribution is 2.37. The van der Waals surface area contributed by atoms with Gasteiger partial charge in [-0.3, -0.25) is 9.59 Å². The van der Waals surface area contributed by atoms with Gasteiger partial charge in [0.25, 0.3) is 5.91 Å². The molecule has 1 heterocycles. The molecule has 6 heteroatoms. The molecule has 1 atom stereocenters. The van der Waals surface area contributed by atoms with E-state index in [-0.39, 0.29) is 17.6 Å². The van der Waals surface area contributed by atoms with Gasteiger partial charge in [0.05, 0.1) is 6.26 Å². The second kappa shape index (κ2) is 10.9. The first-order valence-electron chi connectivity index (χ1n) is 11.1.